The highest BCUT2D eigenvalue weighted by Gasteiger charge is 2.19. The van der Waals surface area contributed by atoms with Crippen LogP contribution in [0.4, 0.5) is 11.4 Å². The zero-order valence-corrected chi connectivity index (χ0v) is 16.8. The molecule has 1 aliphatic heterocycles. The van der Waals surface area contributed by atoms with Gasteiger partial charge in [0.05, 0.1) is 24.8 Å². The van der Waals surface area contributed by atoms with Gasteiger partial charge < -0.3 is 14.4 Å². The summed E-state index contributed by atoms with van der Waals surface area (Å²) >= 11 is 0. The van der Waals surface area contributed by atoms with E-state index < -0.39 is 10.0 Å². The first-order chi connectivity index (χ1) is 12.9. The van der Waals surface area contributed by atoms with E-state index in [1.54, 1.807) is 25.3 Å². The third kappa shape index (κ3) is 4.30. The molecule has 1 fully saturated rings. The Morgan fingerprint density at radius 2 is 1.59 bits per heavy atom. The van der Waals surface area contributed by atoms with Crippen LogP contribution in [0.1, 0.15) is 24.8 Å². The van der Waals surface area contributed by atoms with Crippen LogP contribution in [0.5, 0.6) is 11.5 Å². The number of aryl methyl sites for hydroxylation is 1. The van der Waals surface area contributed by atoms with Gasteiger partial charge in [0.2, 0.25) is 0 Å². The van der Waals surface area contributed by atoms with E-state index in [4.69, 9.17) is 9.47 Å². The molecule has 0 spiro atoms. The summed E-state index contributed by atoms with van der Waals surface area (Å²) in [6.07, 6.45) is 3.54. The van der Waals surface area contributed by atoms with Crippen molar-refractivity contribution in [3.05, 3.63) is 42.0 Å². The molecule has 146 valence electrons. The number of rotatable bonds is 6. The van der Waals surface area contributed by atoms with Crippen molar-refractivity contribution in [3.63, 3.8) is 0 Å². The number of ether oxygens (including phenoxy) is 2. The van der Waals surface area contributed by atoms with Crippen molar-refractivity contribution in [2.75, 3.05) is 36.9 Å². The van der Waals surface area contributed by atoms with Crippen molar-refractivity contribution in [2.45, 2.75) is 31.1 Å². The summed E-state index contributed by atoms with van der Waals surface area (Å²) in [6.45, 7) is 3.78. The molecule has 0 amide bonds. The Kier molecular flexibility index (Phi) is 5.79. The van der Waals surface area contributed by atoms with Gasteiger partial charge in [-0.25, -0.2) is 8.42 Å². The van der Waals surface area contributed by atoms with E-state index in [9.17, 15) is 8.42 Å². The van der Waals surface area contributed by atoms with E-state index in [2.05, 4.69) is 9.62 Å². The number of hydrogen-bond acceptors (Lipinski definition) is 5. The Morgan fingerprint density at radius 3 is 2.22 bits per heavy atom. The van der Waals surface area contributed by atoms with Crippen molar-refractivity contribution in [1.29, 1.82) is 0 Å². The number of nitrogens with zero attached hydrogens (tertiary/aromatic N) is 1. The van der Waals surface area contributed by atoms with Crippen LogP contribution in [0.25, 0.3) is 0 Å². The molecule has 2 aromatic rings. The van der Waals surface area contributed by atoms with E-state index >= 15 is 0 Å². The molecule has 0 atom stereocenters. The van der Waals surface area contributed by atoms with Crippen LogP contribution < -0.4 is 19.1 Å². The molecule has 0 aromatic heterocycles. The molecule has 0 bridgehead atoms. The third-order valence-electron chi connectivity index (χ3n) is 4.83. The maximum Gasteiger partial charge on any atom is 0.262 e. The van der Waals surface area contributed by atoms with Crippen LogP contribution in [-0.4, -0.2) is 35.7 Å². The number of methoxy groups -OCH3 is 2. The fourth-order valence-electron chi connectivity index (χ4n) is 3.35. The van der Waals surface area contributed by atoms with Crippen LogP contribution in [0.15, 0.2) is 41.3 Å². The van der Waals surface area contributed by atoms with Gasteiger partial charge in [0.15, 0.2) is 0 Å². The molecule has 27 heavy (non-hydrogen) atoms. The molecule has 0 unspecified atom stereocenters. The standard InChI is InChI=1S/C20H26N2O4S/c1-15-13-17(8-10-19(15)25-2)27(23,24)21-18-14-16(7-9-20(18)26-3)22-11-5-4-6-12-22/h7-10,13-14,21H,4-6,11-12H2,1-3H3. The molecule has 7 heteroatoms. The van der Waals surface area contributed by atoms with E-state index in [0.717, 1.165) is 37.2 Å². The van der Waals surface area contributed by atoms with E-state index in [0.29, 0.717) is 17.2 Å². The maximum absolute atomic E-state index is 12.9. The molecule has 1 N–H and O–H groups in total. The third-order valence-corrected chi connectivity index (χ3v) is 6.19. The number of piperidine rings is 1. The smallest absolute Gasteiger partial charge is 0.262 e. The highest BCUT2D eigenvalue weighted by molar-refractivity contribution is 7.92. The number of sulfonamides is 1. The Balaban J connectivity index is 1.91. The summed E-state index contributed by atoms with van der Waals surface area (Å²) in [6, 6.07) is 10.4. The highest BCUT2D eigenvalue weighted by Crippen LogP contribution is 2.33. The highest BCUT2D eigenvalue weighted by atomic mass is 32.2. The van der Waals surface area contributed by atoms with Gasteiger partial charge in [-0.3, -0.25) is 4.72 Å². The summed E-state index contributed by atoms with van der Waals surface area (Å²) in [7, 11) is -0.651. The zero-order valence-electron chi connectivity index (χ0n) is 16.0. The first-order valence-electron chi connectivity index (χ1n) is 9.05. The average Bonchev–Trinajstić information content (AvgIpc) is 2.68. The lowest BCUT2D eigenvalue weighted by molar-refractivity contribution is 0.411. The van der Waals surface area contributed by atoms with Gasteiger partial charge in [-0.15, -0.1) is 0 Å². The van der Waals surface area contributed by atoms with Gasteiger partial charge in [0, 0.05) is 18.8 Å². The summed E-state index contributed by atoms with van der Waals surface area (Å²) in [5.74, 6) is 1.14. The largest absolute Gasteiger partial charge is 0.496 e. The van der Waals surface area contributed by atoms with E-state index in [-0.39, 0.29) is 4.90 Å². The van der Waals surface area contributed by atoms with Crippen LogP contribution in [0.3, 0.4) is 0 Å². The lowest BCUT2D eigenvalue weighted by Gasteiger charge is -2.29. The van der Waals surface area contributed by atoms with Gasteiger partial charge in [-0.05, 0) is 68.1 Å². The molecular weight excluding hydrogens is 364 g/mol. The summed E-state index contributed by atoms with van der Waals surface area (Å²) in [5.41, 5.74) is 2.20. The number of hydrogen-bond donors (Lipinski definition) is 1. The van der Waals surface area contributed by atoms with Crippen LogP contribution in [0.2, 0.25) is 0 Å². The minimum absolute atomic E-state index is 0.186. The van der Waals surface area contributed by atoms with Crippen molar-refractivity contribution in [2.24, 2.45) is 0 Å². The van der Waals surface area contributed by atoms with Crippen molar-refractivity contribution in [1.82, 2.24) is 0 Å². The molecule has 2 aromatic carbocycles. The Bertz CT molecular complexity index is 906. The number of anilines is 2. The van der Waals surface area contributed by atoms with Gasteiger partial charge in [-0.1, -0.05) is 0 Å². The van der Waals surface area contributed by atoms with E-state index in [1.807, 2.05) is 19.1 Å². The molecule has 1 aliphatic rings. The summed E-state index contributed by atoms with van der Waals surface area (Å²) in [4.78, 5) is 2.46. The Hall–Kier alpha value is -2.41. The second-order valence-electron chi connectivity index (χ2n) is 6.67. The SMILES string of the molecule is COc1ccc(S(=O)(=O)Nc2cc(N3CCCCC3)ccc2OC)cc1C. The maximum atomic E-state index is 12.9. The molecule has 1 saturated heterocycles. The summed E-state index contributed by atoms with van der Waals surface area (Å²) in [5, 5.41) is 0. The first-order valence-corrected chi connectivity index (χ1v) is 10.5. The second kappa shape index (κ2) is 8.08. The van der Waals surface area contributed by atoms with Gasteiger partial charge in [0.25, 0.3) is 10.0 Å². The Labute approximate surface area is 161 Å². The van der Waals surface area contributed by atoms with Gasteiger partial charge >= 0.3 is 0 Å². The monoisotopic (exact) mass is 390 g/mol. The fraction of sp³-hybridized carbons (Fsp3) is 0.400. The number of benzene rings is 2. The van der Waals surface area contributed by atoms with Crippen molar-refractivity contribution < 1.29 is 17.9 Å². The van der Waals surface area contributed by atoms with Crippen molar-refractivity contribution >= 4 is 21.4 Å². The topological polar surface area (TPSA) is 67.9 Å². The lowest BCUT2D eigenvalue weighted by Crippen LogP contribution is -2.29. The van der Waals surface area contributed by atoms with Crippen molar-refractivity contribution in [3.8, 4) is 11.5 Å². The van der Waals surface area contributed by atoms with E-state index in [1.165, 1.54) is 19.6 Å². The van der Waals surface area contributed by atoms with Crippen LogP contribution in [0, 0.1) is 6.92 Å². The minimum atomic E-state index is -3.74. The molecule has 6 nitrogen and oxygen atoms in total. The lowest BCUT2D eigenvalue weighted by atomic mass is 10.1. The predicted molar refractivity (Wildman–Crippen MR) is 108 cm³/mol. The molecule has 3 rings (SSSR count). The summed E-state index contributed by atoms with van der Waals surface area (Å²) < 4.78 is 39.0. The molecule has 0 saturated carbocycles. The molecule has 0 radical (unpaired) electrons. The predicted octanol–water partition coefficient (Wildman–Crippen LogP) is 3.80. The van der Waals surface area contributed by atoms with Crippen LogP contribution >= 0.6 is 0 Å². The zero-order chi connectivity index (χ0) is 19.4. The second-order valence-corrected chi connectivity index (χ2v) is 8.35. The first kappa shape index (κ1) is 19.4. The normalized spacial score (nSPS) is 14.7. The molecular formula is C20H26N2O4S. The minimum Gasteiger partial charge on any atom is -0.496 e. The van der Waals surface area contributed by atoms with Gasteiger partial charge in [0.1, 0.15) is 11.5 Å². The van der Waals surface area contributed by atoms with Crippen LogP contribution in [-0.2, 0) is 10.0 Å². The number of nitrogens with one attached hydrogen (secondary N) is 1. The quantitative estimate of drug-likeness (QED) is 0.812. The fourth-order valence-corrected chi connectivity index (χ4v) is 4.49. The average molecular weight is 391 g/mol. The van der Waals surface area contributed by atoms with Gasteiger partial charge in [-0.2, -0.15) is 0 Å². The molecule has 1 heterocycles. The molecule has 0 aliphatic carbocycles. The Morgan fingerprint density at radius 1 is 0.926 bits per heavy atom.